The van der Waals surface area contributed by atoms with E-state index in [0.29, 0.717) is 5.75 Å². The number of para-hydroxylation sites is 1. The topological polar surface area (TPSA) is 32.6 Å². The molecule has 3 aromatic rings. The number of benzene rings is 3. The normalized spacial score (nSPS) is 14.1. The first-order chi connectivity index (χ1) is 12.7. The smallest absolute Gasteiger partial charge is 0.128 e. The molecule has 26 heavy (non-hydrogen) atoms. The van der Waals surface area contributed by atoms with Crippen molar-refractivity contribution in [1.29, 1.82) is 0 Å². The Morgan fingerprint density at radius 2 is 1.31 bits per heavy atom. The van der Waals surface area contributed by atoms with Crippen LogP contribution >= 0.6 is 0 Å². The van der Waals surface area contributed by atoms with Gasteiger partial charge in [-0.25, -0.2) is 0 Å². The van der Waals surface area contributed by atoms with E-state index in [1.807, 2.05) is 37.3 Å². The number of aromatic hydroxyl groups is 1. The minimum Gasteiger partial charge on any atom is -0.507 e. The van der Waals surface area contributed by atoms with Gasteiger partial charge >= 0.3 is 0 Å². The van der Waals surface area contributed by atoms with Crippen molar-refractivity contribution >= 4 is 11.4 Å². The highest BCUT2D eigenvalue weighted by Crippen LogP contribution is 2.31. The molecule has 130 valence electrons. The summed E-state index contributed by atoms with van der Waals surface area (Å²) in [5.41, 5.74) is 7.49. The first kappa shape index (κ1) is 16.6. The Labute approximate surface area is 154 Å². The SMILES string of the molecule is CC(=Nc1ccccc1)c1c2ccc(c1O)CCc1ccc(cc1)CC2. The zero-order chi connectivity index (χ0) is 17.9. The van der Waals surface area contributed by atoms with E-state index < -0.39 is 0 Å². The van der Waals surface area contributed by atoms with E-state index in [1.54, 1.807) is 0 Å². The van der Waals surface area contributed by atoms with Crippen LogP contribution in [0.15, 0.2) is 71.7 Å². The van der Waals surface area contributed by atoms with Crippen molar-refractivity contribution < 1.29 is 5.11 Å². The highest BCUT2D eigenvalue weighted by atomic mass is 16.3. The highest BCUT2D eigenvalue weighted by molar-refractivity contribution is 6.04. The zero-order valence-electron chi connectivity index (χ0n) is 15.1. The number of rotatable bonds is 2. The first-order valence-corrected chi connectivity index (χ1v) is 9.23. The predicted molar refractivity (Wildman–Crippen MR) is 108 cm³/mol. The fourth-order valence-corrected chi connectivity index (χ4v) is 3.67. The van der Waals surface area contributed by atoms with Gasteiger partial charge < -0.3 is 5.11 Å². The average molecular weight is 341 g/mol. The maximum absolute atomic E-state index is 11.0. The van der Waals surface area contributed by atoms with Crippen LogP contribution in [0.3, 0.4) is 0 Å². The van der Waals surface area contributed by atoms with Gasteiger partial charge in [0.1, 0.15) is 5.75 Å². The Morgan fingerprint density at radius 1 is 0.731 bits per heavy atom. The molecule has 2 heteroatoms. The van der Waals surface area contributed by atoms with E-state index in [-0.39, 0.29) is 0 Å². The molecule has 0 aliphatic heterocycles. The van der Waals surface area contributed by atoms with Gasteiger partial charge in [-0.3, -0.25) is 4.99 Å². The second-order valence-electron chi connectivity index (χ2n) is 6.96. The zero-order valence-corrected chi connectivity index (χ0v) is 15.1. The molecule has 3 aromatic carbocycles. The molecule has 7 rings (SSSR count). The van der Waals surface area contributed by atoms with E-state index >= 15 is 0 Å². The summed E-state index contributed by atoms with van der Waals surface area (Å²) in [4.78, 5) is 4.76. The molecule has 0 saturated carbocycles. The monoisotopic (exact) mass is 341 g/mol. The van der Waals surface area contributed by atoms with Gasteiger partial charge in [-0.2, -0.15) is 0 Å². The molecule has 0 amide bonds. The number of hydrogen-bond acceptors (Lipinski definition) is 2. The second-order valence-corrected chi connectivity index (χ2v) is 6.96. The Hall–Kier alpha value is -2.87. The van der Waals surface area contributed by atoms with Gasteiger partial charge in [-0.05, 0) is 67.0 Å². The van der Waals surface area contributed by atoms with Gasteiger partial charge in [0.2, 0.25) is 0 Å². The van der Waals surface area contributed by atoms with Gasteiger partial charge in [-0.1, -0.05) is 54.6 Å². The summed E-state index contributed by atoms with van der Waals surface area (Å²) in [6.45, 7) is 2.00. The van der Waals surface area contributed by atoms with Crippen LogP contribution in [0.25, 0.3) is 0 Å². The van der Waals surface area contributed by atoms with Crippen LogP contribution in [0.1, 0.15) is 34.7 Å². The maximum Gasteiger partial charge on any atom is 0.128 e. The van der Waals surface area contributed by atoms with Crippen LogP contribution < -0.4 is 0 Å². The fraction of sp³-hybridized carbons (Fsp3) is 0.208. The number of aliphatic imine (C=N–C) groups is 1. The minimum atomic E-state index is 0.398. The van der Waals surface area contributed by atoms with Gasteiger partial charge in [0.15, 0.2) is 0 Å². The molecular formula is C24H23NO. The van der Waals surface area contributed by atoms with E-state index in [4.69, 9.17) is 4.99 Å². The summed E-state index contributed by atoms with van der Waals surface area (Å²) < 4.78 is 0. The second kappa shape index (κ2) is 7.17. The lowest BCUT2D eigenvalue weighted by Crippen LogP contribution is -2.07. The van der Waals surface area contributed by atoms with Crippen LogP contribution in [-0.2, 0) is 25.7 Å². The number of phenols is 1. The Bertz CT molecular complexity index is 940. The predicted octanol–water partition coefficient (Wildman–Crippen LogP) is 5.42. The quantitative estimate of drug-likeness (QED) is 0.621. The molecule has 0 atom stereocenters. The van der Waals surface area contributed by atoms with Crippen molar-refractivity contribution in [2.75, 3.05) is 0 Å². The van der Waals surface area contributed by atoms with Crippen molar-refractivity contribution in [3.8, 4) is 5.75 Å². The molecule has 4 aliphatic rings. The maximum atomic E-state index is 11.0. The summed E-state index contributed by atoms with van der Waals surface area (Å²) >= 11 is 0. The molecular weight excluding hydrogens is 318 g/mol. The Kier molecular flexibility index (Phi) is 4.57. The van der Waals surface area contributed by atoms with Crippen molar-refractivity contribution in [3.05, 3.63) is 94.5 Å². The van der Waals surface area contributed by atoms with Gasteiger partial charge in [0.05, 0.1) is 5.69 Å². The number of aryl methyl sites for hydroxylation is 4. The van der Waals surface area contributed by atoms with E-state index in [2.05, 4.69) is 36.4 Å². The first-order valence-electron chi connectivity index (χ1n) is 9.23. The molecule has 0 fully saturated rings. The summed E-state index contributed by atoms with van der Waals surface area (Å²) in [5, 5.41) is 11.0. The summed E-state index contributed by atoms with van der Waals surface area (Å²) in [5.74, 6) is 0.398. The van der Waals surface area contributed by atoms with Crippen LogP contribution in [0.4, 0.5) is 5.69 Å². The van der Waals surface area contributed by atoms with Crippen LogP contribution in [0.5, 0.6) is 5.75 Å². The van der Waals surface area contributed by atoms with Crippen molar-refractivity contribution in [1.82, 2.24) is 0 Å². The molecule has 0 aromatic heterocycles. The summed E-state index contributed by atoms with van der Waals surface area (Å²) in [6.07, 6.45) is 3.62. The Morgan fingerprint density at radius 3 is 1.96 bits per heavy atom. The van der Waals surface area contributed by atoms with Crippen LogP contribution in [0, 0.1) is 0 Å². The van der Waals surface area contributed by atoms with E-state index in [0.717, 1.165) is 53.8 Å². The molecule has 0 unspecified atom stereocenters. The third-order valence-electron chi connectivity index (χ3n) is 5.15. The molecule has 1 N–H and O–H groups in total. The molecule has 0 spiro atoms. The number of phenolic OH excluding ortho intramolecular Hbond substituents is 1. The molecule has 0 radical (unpaired) electrons. The fourth-order valence-electron chi connectivity index (χ4n) is 3.67. The van der Waals surface area contributed by atoms with Gasteiger partial charge in [0, 0.05) is 11.3 Å². The molecule has 0 heterocycles. The van der Waals surface area contributed by atoms with E-state index in [9.17, 15) is 5.11 Å². The third-order valence-corrected chi connectivity index (χ3v) is 5.15. The van der Waals surface area contributed by atoms with Crippen molar-refractivity contribution in [3.63, 3.8) is 0 Å². The average Bonchev–Trinajstić information content (AvgIpc) is 2.65. The lowest BCUT2D eigenvalue weighted by molar-refractivity contribution is 0.466. The van der Waals surface area contributed by atoms with Crippen LogP contribution in [0.2, 0.25) is 0 Å². The van der Waals surface area contributed by atoms with Gasteiger partial charge in [0.25, 0.3) is 0 Å². The van der Waals surface area contributed by atoms with Gasteiger partial charge in [-0.15, -0.1) is 0 Å². The van der Waals surface area contributed by atoms with E-state index in [1.165, 1.54) is 11.1 Å². The van der Waals surface area contributed by atoms with Crippen molar-refractivity contribution in [2.24, 2.45) is 4.99 Å². The largest absolute Gasteiger partial charge is 0.507 e. The van der Waals surface area contributed by atoms with Crippen LogP contribution in [-0.4, -0.2) is 10.8 Å². The number of nitrogens with zero attached hydrogens (tertiary/aromatic N) is 1. The van der Waals surface area contributed by atoms with Crippen molar-refractivity contribution in [2.45, 2.75) is 32.6 Å². The third kappa shape index (κ3) is 3.41. The number of hydrogen-bond donors (Lipinski definition) is 1. The summed E-state index contributed by atoms with van der Waals surface area (Å²) in [6, 6.07) is 23.1. The standard InChI is InChI=1S/C24H23NO/c1-17(25-22-5-3-2-4-6-22)23-20-13-11-18-7-9-19(10-8-18)12-14-21(16-15-20)24(23)26/h2-10,15-16,26H,11-14H2,1H3. The molecule has 4 bridgehead atoms. The lowest BCUT2D eigenvalue weighted by atomic mass is 9.91. The lowest BCUT2D eigenvalue weighted by Gasteiger charge is -2.17. The molecule has 4 aliphatic carbocycles. The summed E-state index contributed by atoms with van der Waals surface area (Å²) in [7, 11) is 0. The highest BCUT2D eigenvalue weighted by Gasteiger charge is 2.16. The Balaban J connectivity index is 1.79. The molecule has 2 nitrogen and oxygen atoms in total. The minimum absolute atomic E-state index is 0.398. The molecule has 0 saturated heterocycles.